The Hall–Kier alpha value is -1.65. The number of carbonyl (C=O) groups is 1. The van der Waals surface area contributed by atoms with Crippen LogP contribution in [-0.2, 0) is 6.61 Å². The zero-order valence-electron chi connectivity index (χ0n) is 17.3. The molecule has 2 heterocycles. The summed E-state index contributed by atoms with van der Waals surface area (Å²) in [7, 11) is 0. The minimum absolute atomic E-state index is 0.0812. The van der Waals surface area contributed by atoms with Crippen molar-refractivity contribution in [3.8, 4) is 0 Å². The molecule has 2 aliphatic rings. The van der Waals surface area contributed by atoms with Gasteiger partial charge < -0.3 is 14.6 Å². The number of likely N-dealkylation sites (tertiary alicyclic amines) is 1. The van der Waals surface area contributed by atoms with Crippen LogP contribution in [0.4, 0.5) is 0 Å². The van der Waals surface area contributed by atoms with Gasteiger partial charge in [-0.1, -0.05) is 32.0 Å². The maximum absolute atomic E-state index is 11.7. The highest BCUT2D eigenvalue weighted by Crippen LogP contribution is 2.37. The van der Waals surface area contributed by atoms with Gasteiger partial charge in [0.15, 0.2) is 6.29 Å². The van der Waals surface area contributed by atoms with E-state index in [4.69, 9.17) is 0 Å². The lowest BCUT2D eigenvalue weighted by Crippen LogP contribution is -2.44. The zero-order valence-corrected chi connectivity index (χ0v) is 17.3. The first-order valence-electron chi connectivity index (χ1n) is 11.1. The van der Waals surface area contributed by atoms with Gasteiger partial charge in [-0.25, -0.2) is 0 Å². The molecule has 0 atom stereocenters. The molecule has 0 unspecified atom stereocenters. The minimum atomic E-state index is -0.0812. The summed E-state index contributed by atoms with van der Waals surface area (Å²) in [5.41, 5.74) is 2.53. The third-order valence-electron chi connectivity index (χ3n) is 7.39. The van der Waals surface area contributed by atoms with E-state index < -0.39 is 0 Å². The number of piperidine rings is 1. The lowest BCUT2D eigenvalue weighted by atomic mass is 9.79. The Morgan fingerprint density at radius 1 is 1.04 bits per heavy atom. The van der Waals surface area contributed by atoms with Gasteiger partial charge in [0, 0.05) is 41.6 Å². The summed E-state index contributed by atoms with van der Waals surface area (Å²) in [4.78, 5) is 14.4. The number of hydrogen-bond donors (Lipinski definition) is 1. The normalized spacial score (nSPS) is 24.9. The molecular formula is C24H34N2O2. The molecule has 152 valence electrons. The van der Waals surface area contributed by atoms with Crippen LogP contribution >= 0.6 is 0 Å². The number of carbonyl (C=O) groups excluding carboxylic acids is 1. The number of aliphatic hydroxyl groups is 1. The number of para-hydroxylation sites is 1. The summed E-state index contributed by atoms with van der Waals surface area (Å²) in [5.74, 6) is 1.73. The number of fused-ring (bicyclic) bond motifs is 1. The first kappa shape index (κ1) is 19.7. The van der Waals surface area contributed by atoms with Crippen molar-refractivity contribution in [1.82, 2.24) is 9.47 Å². The van der Waals surface area contributed by atoms with Crippen LogP contribution in [0, 0.1) is 11.8 Å². The lowest BCUT2D eigenvalue weighted by molar-refractivity contribution is 0.0881. The molecule has 1 aromatic carbocycles. The van der Waals surface area contributed by atoms with Gasteiger partial charge in [0.25, 0.3) is 0 Å². The van der Waals surface area contributed by atoms with Crippen LogP contribution in [0.5, 0.6) is 0 Å². The molecule has 1 saturated heterocycles. The molecule has 1 saturated carbocycles. The molecular weight excluding hydrogens is 348 g/mol. The fraction of sp³-hybridized carbons (Fsp3) is 0.625. The van der Waals surface area contributed by atoms with Crippen LogP contribution < -0.4 is 0 Å². The molecule has 2 fully saturated rings. The maximum Gasteiger partial charge on any atom is 0.152 e. The Kier molecular flexibility index (Phi) is 5.88. The van der Waals surface area contributed by atoms with E-state index >= 15 is 0 Å². The van der Waals surface area contributed by atoms with E-state index in [-0.39, 0.29) is 6.61 Å². The van der Waals surface area contributed by atoms with Gasteiger partial charge >= 0.3 is 0 Å². The van der Waals surface area contributed by atoms with E-state index in [1.54, 1.807) is 0 Å². The van der Waals surface area contributed by atoms with Gasteiger partial charge in [0.1, 0.15) is 0 Å². The number of nitrogens with zero attached hydrogens (tertiary/aromatic N) is 2. The second-order valence-corrected chi connectivity index (χ2v) is 9.10. The van der Waals surface area contributed by atoms with Crippen LogP contribution in [0.15, 0.2) is 24.3 Å². The Morgan fingerprint density at radius 2 is 1.71 bits per heavy atom. The van der Waals surface area contributed by atoms with E-state index in [1.165, 1.54) is 25.7 Å². The molecule has 4 nitrogen and oxygen atoms in total. The second kappa shape index (κ2) is 8.38. The second-order valence-electron chi connectivity index (χ2n) is 9.10. The largest absolute Gasteiger partial charge is 0.390 e. The van der Waals surface area contributed by atoms with Gasteiger partial charge in [-0.2, -0.15) is 0 Å². The average molecular weight is 383 g/mol. The van der Waals surface area contributed by atoms with Gasteiger partial charge in [-0.05, 0) is 56.4 Å². The predicted octanol–water partition coefficient (Wildman–Crippen LogP) is 4.80. The van der Waals surface area contributed by atoms with E-state index in [0.29, 0.717) is 11.6 Å². The molecule has 2 aromatic rings. The summed E-state index contributed by atoms with van der Waals surface area (Å²) in [5, 5.41) is 11.0. The van der Waals surface area contributed by atoms with Crippen LogP contribution in [0.3, 0.4) is 0 Å². The van der Waals surface area contributed by atoms with Crippen molar-refractivity contribution in [2.24, 2.45) is 11.8 Å². The monoisotopic (exact) mass is 382 g/mol. The number of aromatic nitrogens is 1. The van der Waals surface area contributed by atoms with Crippen molar-refractivity contribution in [3.05, 3.63) is 35.5 Å². The fourth-order valence-corrected chi connectivity index (χ4v) is 5.69. The highest BCUT2D eigenvalue weighted by molar-refractivity contribution is 5.99. The Labute approximate surface area is 168 Å². The van der Waals surface area contributed by atoms with Gasteiger partial charge in [0.05, 0.1) is 12.3 Å². The van der Waals surface area contributed by atoms with Crippen molar-refractivity contribution < 1.29 is 9.90 Å². The zero-order chi connectivity index (χ0) is 19.7. The summed E-state index contributed by atoms with van der Waals surface area (Å²) < 4.78 is 2.26. The summed E-state index contributed by atoms with van der Waals surface area (Å²) in [6.07, 6.45) is 8.53. The first-order valence-corrected chi connectivity index (χ1v) is 11.1. The maximum atomic E-state index is 11.7. The third kappa shape index (κ3) is 3.53. The number of rotatable bonds is 5. The van der Waals surface area contributed by atoms with Crippen LogP contribution in [-0.4, -0.2) is 40.0 Å². The van der Waals surface area contributed by atoms with E-state index in [9.17, 15) is 9.90 Å². The molecule has 1 N–H and O–H groups in total. The van der Waals surface area contributed by atoms with Crippen molar-refractivity contribution in [2.75, 3.05) is 13.1 Å². The standard InChI is InChI=1S/C24H34N2O2/c1-17(2)18-7-9-19(10-8-18)25-13-11-20(12-14-25)26-23-6-4-3-5-21(23)22(15-27)24(26)16-28/h3-6,15,17-20,28H,7-14,16H2,1-2H3. The number of aldehydes is 1. The number of benzene rings is 1. The molecule has 1 aliphatic carbocycles. The summed E-state index contributed by atoms with van der Waals surface area (Å²) >= 11 is 0. The van der Waals surface area contributed by atoms with Crippen LogP contribution in [0.2, 0.25) is 0 Å². The smallest absolute Gasteiger partial charge is 0.152 e. The molecule has 1 aliphatic heterocycles. The number of aliphatic hydroxyl groups excluding tert-OH is 1. The SMILES string of the molecule is CC(C)C1CCC(N2CCC(n3c(CO)c(C=O)c4ccccc43)CC2)CC1. The number of hydrogen-bond acceptors (Lipinski definition) is 3. The molecule has 0 amide bonds. The molecule has 0 spiro atoms. The molecule has 0 bridgehead atoms. The fourth-order valence-electron chi connectivity index (χ4n) is 5.69. The van der Waals surface area contributed by atoms with Crippen LogP contribution in [0.25, 0.3) is 10.9 Å². The van der Waals surface area contributed by atoms with Gasteiger partial charge in [0.2, 0.25) is 0 Å². The van der Waals surface area contributed by atoms with Crippen molar-refractivity contribution in [1.29, 1.82) is 0 Å². The van der Waals surface area contributed by atoms with E-state index in [2.05, 4.69) is 29.4 Å². The summed E-state index contributed by atoms with van der Waals surface area (Å²) in [6.45, 7) is 6.89. The molecule has 4 heteroatoms. The predicted molar refractivity (Wildman–Crippen MR) is 114 cm³/mol. The Bertz CT molecular complexity index is 809. The Morgan fingerprint density at radius 3 is 2.32 bits per heavy atom. The molecule has 1 aromatic heterocycles. The van der Waals surface area contributed by atoms with Crippen molar-refractivity contribution in [3.63, 3.8) is 0 Å². The summed E-state index contributed by atoms with van der Waals surface area (Å²) in [6, 6.07) is 9.19. The topological polar surface area (TPSA) is 45.5 Å². The van der Waals surface area contributed by atoms with E-state index in [1.807, 2.05) is 18.2 Å². The molecule has 28 heavy (non-hydrogen) atoms. The first-order chi connectivity index (χ1) is 13.6. The molecule has 0 radical (unpaired) electrons. The molecule has 4 rings (SSSR count). The van der Waals surface area contributed by atoms with Gasteiger partial charge in [-0.3, -0.25) is 4.79 Å². The average Bonchev–Trinajstić information content (AvgIpc) is 3.07. The third-order valence-corrected chi connectivity index (χ3v) is 7.39. The van der Waals surface area contributed by atoms with Gasteiger partial charge in [-0.15, -0.1) is 0 Å². The van der Waals surface area contributed by atoms with Crippen molar-refractivity contribution in [2.45, 2.75) is 71.1 Å². The van der Waals surface area contributed by atoms with E-state index in [0.717, 1.165) is 66.7 Å². The highest BCUT2D eigenvalue weighted by atomic mass is 16.3. The van der Waals surface area contributed by atoms with Crippen LogP contribution in [0.1, 0.15) is 74.5 Å². The lowest BCUT2D eigenvalue weighted by Gasteiger charge is -2.42. The Balaban J connectivity index is 1.48. The highest BCUT2D eigenvalue weighted by Gasteiger charge is 2.31. The van der Waals surface area contributed by atoms with Crippen molar-refractivity contribution >= 4 is 17.2 Å². The quantitative estimate of drug-likeness (QED) is 0.756. The minimum Gasteiger partial charge on any atom is -0.390 e.